The molecule has 1 unspecified atom stereocenters. The van der Waals surface area contributed by atoms with Crippen molar-refractivity contribution in [3.8, 4) is 0 Å². The third kappa shape index (κ3) is 3.59. The Hall–Kier alpha value is -3.77. The highest BCUT2D eigenvalue weighted by atomic mass is 32.2. The van der Waals surface area contributed by atoms with E-state index in [1.54, 1.807) is 49.4 Å². The number of carbonyl (C=O) groups excluding carboxylic acids is 3. The van der Waals surface area contributed by atoms with Crippen LogP contribution >= 0.6 is 11.8 Å². The zero-order chi connectivity index (χ0) is 22.2. The van der Waals surface area contributed by atoms with Crippen LogP contribution in [-0.4, -0.2) is 27.7 Å². The lowest BCUT2D eigenvalue weighted by Crippen LogP contribution is -2.24. The Morgan fingerprint density at radius 1 is 0.812 bits per heavy atom. The third-order valence-electron chi connectivity index (χ3n) is 5.43. The molecule has 1 N–H and O–H groups in total. The van der Waals surface area contributed by atoms with Gasteiger partial charge in [-0.25, -0.2) is 4.98 Å². The first-order valence-electron chi connectivity index (χ1n) is 10.2. The standard InChI is InChI=1S/C26H18N2O3S/c1-15(32-23-13-10-16-6-2-5-9-22(16)28-23)26(31)27-17-11-12-20-21(14-17)25(30)19-8-4-3-7-18(19)24(20)29/h2-15H,1H3,(H,27,31). The number of hydrogen-bond donors (Lipinski definition) is 1. The molecule has 1 heterocycles. The lowest BCUT2D eigenvalue weighted by Gasteiger charge is -2.18. The van der Waals surface area contributed by atoms with Crippen LogP contribution in [0.15, 0.2) is 83.9 Å². The minimum Gasteiger partial charge on any atom is -0.325 e. The van der Waals surface area contributed by atoms with Crippen molar-refractivity contribution in [3.05, 3.63) is 101 Å². The molecular formula is C26H18N2O3S. The summed E-state index contributed by atoms with van der Waals surface area (Å²) in [6, 6.07) is 23.3. The molecular weight excluding hydrogens is 420 g/mol. The van der Waals surface area contributed by atoms with Crippen LogP contribution in [0.2, 0.25) is 0 Å². The topological polar surface area (TPSA) is 76.1 Å². The number of aromatic nitrogens is 1. The van der Waals surface area contributed by atoms with Crippen LogP contribution in [0.1, 0.15) is 38.8 Å². The SMILES string of the molecule is CC(Sc1ccc2ccccc2n1)C(=O)Nc1ccc2c(c1)C(=O)c1ccccc1C2=O. The van der Waals surface area contributed by atoms with Gasteiger partial charge in [0.05, 0.1) is 15.8 Å². The van der Waals surface area contributed by atoms with Gasteiger partial charge in [-0.05, 0) is 37.3 Å². The van der Waals surface area contributed by atoms with E-state index in [1.807, 2.05) is 36.4 Å². The second-order valence-electron chi connectivity index (χ2n) is 7.56. The van der Waals surface area contributed by atoms with E-state index in [0.717, 1.165) is 15.9 Å². The molecule has 4 aromatic rings. The van der Waals surface area contributed by atoms with Gasteiger partial charge < -0.3 is 5.32 Å². The summed E-state index contributed by atoms with van der Waals surface area (Å²) in [4.78, 5) is 43.0. The van der Waals surface area contributed by atoms with Gasteiger partial charge in [0, 0.05) is 33.3 Å². The highest BCUT2D eigenvalue weighted by molar-refractivity contribution is 8.00. The molecule has 0 spiro atoms. The Kier molecular flexibility index (Phi) is 5.07. The number of nitrogens with zero attached hydrogens (tertiary/aromatic N) is 1. The maximum Gasteiger partial charge on any atom is 0.237 e. The van der Waals surface area contributed by atoms with Gasteiger partial charge >= 0.3 is 0 Å². The summed E-state index contributed by atoms with van der Waals surface area (Å²) >= 11 is 1.36. The Bertz CT molecular complexity index is 1410. The number of amides is 1. The summed E-state index contributed by atoms with van der Waals surface area (Å²) in [5.41, 5.74) is 2.82. The molecule has 0 radical (unpaired) electrons. The first kappa shape index (κ1) is 20.2. The molecule has 1 aliphatic rings. The van der Waals surface area contributed by atoms with E-state index in [1.165, 1.54) is 11.8 Å². The van der Waals surface area contributed by atoms with Gasteiger partial charge in [0.15, 0.2) is 11.6 Å². The number of para-hydroxylation sites is 1. The maximum atomic E-state index is 12.9. The number of thioether (sulfide) groups is 1. The number of nitrogens with one attached hydrogen (secondary N) is 1. The second kappa shape index (κ2) is 8.05. The van der Waals surface area contributed by atoms with E-state index >= 15 is 0 Å². The molecule has 1 aromatic heterocycles. The van der Waals surface area contributed by atoms with Gasteiger partial charge in [-0.15, -0.1) is 0 Å². The number of rotatable bonds is 4. The molecule has 0 fully saturated rings. The molecule has 0 saturated carbocycles. The van der Waals surface area contributed by atoms with Crippen LogP contribution in [-0.2, 0) is 4.79 Å². The predicted octanol–water partition coefficient (Wildman–Crippen LogP) is 5.13. The van der Waals surface area contributed by atoms with Crippen molar-refractivity contribution in [2.75, 3.05) is 5.32 Å². The van der Waals surface area contributed by atoms with Crippen molar-refractivity contribution >= 4 is 45.8 Å². The Morgan fingerprint density at radius 3 is 2.25 bits per heavy atom. The molecule has 1 amide bonds. The van der Waals surface area contributed by atoms with Crippen molar-refractivity contribution in [1.29, 1.82) is 0 Å². The summed E-state index contributed by atoms with van der Waals surface area (Å²) in [7, 11) is 0. The van der Waals surface area contributed by atoms with Gasteiger partial charge in [-0.1, -0.05) is 60.3 Å². The molecule has 3 aromatic carbocycles. The van der Waals surface area contributed by atoms with E-state index in [4.69, 9.17) is 0 Å². The first-order chi connectivity index (χ1) is 15.5. The lowest BCUT2D eigenvalue weighted by molar-refractivity contribution is -0.115. The number of ketones is 2. The van der Waals surface area contributed by atoms with E-state index < -0.39 is 5.25 Å². The Morgan fingerprint density at radius 2 is 1.47 bits per heavy atom. The fraction of sp³-hybridized carbons (Fsp3) is 0.0769. The van der Waals surface area contributed by atoms with Gasteiger partial charge in [0.1, 0.15) is 0 Å². The lowest BCUT2D eigenvalue weighted by atomic mass is 9.84. The van der Waals surface area contributed by atoms with Crippen molar-refractivity contribution in [3.63, 3.8) is 0 Å². The molecule has 32 heavy (non-hydrogen) atoms. The number of benzene rings is 3. The molecule has 5 nitrogen and oxygen atoms in total. The number of carbonyl (C=O) groups is 3. The van der Waals surface area contributed by atoms with Crippen molar-refractivity contribution in [2.45, 2.75) is 17.2 Å². The number of pyridine rings is 1. The van der Waals surface area contributed by atoms with Crippen molar-refractivity contribution < 1.29 is 14.4 Å². The highest BCUT2D eigenvalue weighted by Gasteiger charge is 2.29. The smallest absolute Gasteiger partial charge is 0.237 e. The minimum absolute atomic E-state index is 0.181. The summed E-state index contributed by atoms with van der Waals surface area (Å²) < 4.78 is 0. The average molecular weight is 439 g/mol. The van der Waals surface area contributed by atoms with Gasteiger partial charge in [0.25, 0.3) is 0 Å². The second-order valence-corrected chi connectivity index (χ2v) is 8.92. The van der Waals surface area contributed by atoms with Crippen LogP contribution in [0, 0.1) is 0 Å². The zero-order valence-electron chi connectivity index (χ0n) is 17.2. The van der Waals surface area contributed by atoms with E-state index in [2.05, 4.69) is 10.3 Å². The Balaban J connectivity index is 1.34. The van der Waals surface area contributed by atoms with Crippen LogP contribution in [0.25, 0.3) is 10.9 Å². The normalized spacial score (nSPS) is 13.4. The largest absolute Gasteiger partial charge is 0.325 e. The van der Waals surface area contributed by atoms with Gasteiger partial charge in [-0.2, -0.15) is 0 Å². The monoisotopic (exact) mass is 438 g/mol. The van der Waals surface area contributed by atoms with Crippen molar-refractivity contribution in [1.82, 2.24) is 4.98 Å². The van der Waals surface area contributed by atoms with E-state index in [9.17, 15) is 14.4 Å². The molecule has 6 heteroatoms. The zero-order valence-corrected chi connectivity index (χ0v) is 18.0. The molecule has 0 bridgehead atoms. The molecule has 156 valence electrons. The van der Waals surface area contributed by atoms with Gasteiger partial charge in [0.2, 0.25) is 5.91 Å². The predicted molar refractivity (Wildman–Crippen MR) is 125 cm³/mol. The number of anilines is 1. The summed E-state index contributed by atoms with van der Waals surface area (Å²) in [6.45, 7) is 1.81. The van der Waals surface area contributed by atoms with Crippen LogP contribution in [0.5, 0.6) is 0 Å². The Labute approximate surface area is 188 Å². The average Bonchev–Trinajstić information content (AvgIpc) is 2.82. The van der Waals surface area contributed by atoms with Crippen LogP contribution < -0.4 is 5.32 Å². The van der Waals surface area contributed by atoms with E-state index in [0.29, 0.717) is 27.9 Å². The summed E-state index contributed by atoms with van der Waals surface area (Å²) in [6.07, 6.45) is 0. The van der Waals surface area contributed by atoms with Crippen LogP contribution in [0.3, 0.4) is 0 Å². The quantitative estimate of drug-likeness (QED) is 0.394. The first-order valence-corrected chi connectivity index (χ1v) is 11.0. The summed E-state index contributed by atoms with van der Waals surface area (Å²) in [5.74, 6) is -0.603. The fourth-order valence-electron chi connectivity index (χ4n) is 3.77. The fourth-order valence-corrected chi connectivity index (χ4v) is 4.59. The van der Waals surface area contributed by atoms with E-state index in [-0.39, 0.29) is 17.5 Å². The molecule has 0 saturated heterocycles. The minimum atomic E-state index is -0.405. The number of hydrogen-bond acceptors (Lipinski definition) is 5. The van der Waals surface area contributed by atoms with Gasteiger partial charge in [-0.3, -0.25) is 14.4 Å². The summed E-state index contributed by atoms with van der Waals surface area (Å²) in [5, 5.41) is 4.26. The number of fused-ring (bicyclic) bond motifs is 3. The molecule has 5 rings (SSSR count). The molecule has 0 aliphatic heterocycles. The van der Waals surface area contributed by atoms with Crippen LogP contribution in [0.4, 0.5) is 5.69 Å². The van der Waals surface area contributed by atoms with Crippen molar-refractivity contribution in [2.24, 2.45) is 0 Å². The molecule has 1 aliphatic carbocycles. The maximum absolute atomic E-state index is 12.9. The molecule has 1 atom stereocenters. The highest BCUT2D eigenvalue weighted by Crippen LogP contribution is 2.30. The third-order valence-corrected chi connectivity index (χ3v) is 6.47.